The van der Waals surface area contributed by atoms with Gasteiger partial charge in [0.1, 0.15) is 0 Å². The summed E-state index contributed by atoms with van der Waals surface area (Å²) in [5.74, 6) is -0.395. The van der Waals surface area contributed by atoms with Gasteiger partial charge in [-0.2, -0.15) is 0 Å². The largest absolute Gasteiger partial charge is 0.465 e. The second-order valence-electron chi connectivity index (χ2n) is 5.63. The molecule has 0 amide bonds. The second kappa shape index (κ2) is 5.51. The molecule has 1 aliphatic carbocycles. The molecule has 1 fully saturated rings. The van der Waals surface area contributed by atoms with Crippen LogP contribution < -0.4 is 11.1 Å². The van der Waals surface area contributed by atoms with Gasteiger partial charge in [0.2, 0.25) is 0 Å². The molecule has 0 aliphatic heterocycles. The van der Waals surface area contributed by atoms with Crippen molar-refractivity contribution < 1.29 is 9.53 Å². The maximum absolute atomic E-state index is 11.6. The smallest absolute Gasteiger partial charge is 0.340 e. The van der Waals surface area contributed by atoms with Gasteiger partial charge in [0, 0.05) is 6.54 Å². The van der Waals surface area contributed by atoms with Crippen LogP contribution in [0.3, 0.4) is 0 Å². The molecule has 4 nitrogen and oxygen atoms in total. The summed E-state index contributed by atoms with van der Waals surface area (Å²) in [6.45, 7) is 3.19. The Balaban J connectivity index is 2.10. The van der Waals surface area contributed by atoms with E-state index in [0.29, 0.717) is 16.7 Å². The summed E-state index contributed by atoms with van der Waals surface area (Å²) in [6.07, 6.45) is 5.10. The summed E-state index contributed by atoms with van der Waals surface area (Å²) >= 11 is 0. The molecule has 0 radical (unpaired) electrons. The molecule has 0 atom stereocenters. The Morgan fingerprint density at radius 3 is 2.74 bits per heavy atom. The number of nitrogens with one attached hydrogen (secondary N) is 1. The molecule has 1 saturated carbocycles. The molecule has 104 valence electrons. The number of hydrogen-bond donors (Lipinski definition) is 2. The van der Waals surface area contributed by atoms with Crippen molar-refractivity contribution in [2.24, 2.45) is 5.41 Å². The first-order chi connectivity index (χ1) is 9.06. The maximum atomic E-state index is 11.6. The van der Waals surface area contributed by atoms with E-state index in [9.17, 15) is 4.79 Å². The number of nitrogen functional groups attached to an aromatic ring is 1. The minimum absolute atomic E-state index is 0.341. The highest BCUT2D eigenvalue weighted by molar-refractivity contribution is 5.98. The molecule has 19 heavy (non-hydrogen) atoms. The lowest BCUT2D eigenvalue weighted by atomic mass is 9.89. The average molecular weight is 262 g/mol. The Morgan fingerprint density at radius 1 is 1.42 bits per heavy atom. The van der Waals surface area contributed by atoms with Crippen LogP contribution in [-0.4, -0.2) is 19.6 Å². The van der Waals surface area contributed by atoms with Crippen LogP contribution in [0.1, 0.15) is 43.0 Å². The molecule has 1 aliphatic rings. The van der Waals surface area contributed by atoms with Gasteiger partial charge < -0.3 is 15.8 Å². The number of ether oxygens (including phenoxy) is 1. The van der Waals surface area contributed by atoms with Crippen molar-refractivity contribution >= 4 is 17.3 Å². The SMILES string of the molecule is COC(=O)c1cccc(NCC2(C)CCCC2)c1N. The fourth-order valence-electron chi connectivity index (χ4n) is 2.72. The highest BCUT2D eigenvalue weighted by Crippen LogP contribution is 2.38. The number of para-hydroxylation sites is 1. The Kier molecular flexibility index (Phi) is 3.98. The molecule has 0 bridgehead atoms. The summed E-state index contributed by atoms with van der Waals surface area (Å²) in [4.78, 5) is 11.6. The van der Waals surface area contributed by atoms with E-state index in [-0.39, 0.29) is 0 Å². The zero-order chi connectivity index (χ0) is 13.9. The first kappa shape index (κ1) is 13.7. The van der Waals surface area contributed by atoms with Gasteiger partial charge >= 0.3 is 5.97 Å². The lowest BCUT2D eigenvalue weighted by molar-refractivity contribution is 0.0602. The highest BCUT2D eigenvalue weighted by atomic mass is 16.5. The van der Waals surface area contributed by atoms with E-state index in [1.807, 2.05) is 12.1 Å². The summed E-state index contributed by atoms with van der Waals surface area (Å²) in [6, 6.07) is 5.41. The van der Waals surface area contributed by atoms with Gasteiger partial charge in [-0.3, -0.25) is 0 Å². The zero-order valence-electron chi connectivity index (χ0n) is 11.7. The van der Waals surface area contributed by atoms with Crippen molar-refractivity contribution in [1.82, 2.24) is 0 Å². The lowest BCUT2D eigenvalue weighted by Crippen LogP contribution is -2.23. The molecule has 0 unspecified atom stereocenters. The third-order valence-electron chi connectivity index (χ3n) is 4.03. The Bertz CT molecular complexity index is 465. The van der Waals surface area contributed by atoms with E-state index >= 15 is 0 Å². The van der Waals surface area contributed by atoms with E-state index in [0.717, 1.165) is 12.2 Å². The van der Waals surface area contributed by atoms with Gasteiger partial charge in [-0.25, -0.2) is 4.79 Å². The summed E-state index contributed by atoms with van der Waals surface area (Å²) in [5.41, 5.74) is 8.07. The summed E-state index contributed by atoms with van der Waals surface area (Å²) < 4.78 is 4.72. The third kappa shape index (κ3) is 3.00. The van der Waals surface area contributed by atoms with Gasteiger partial charge in [-0.1, -0.05) is 25.8 Å². The zero-order valence-corrected chi connectivity index (χ0v) is 11.7. The number of methoxy groups -OCH3 is 1. The molecule has 0 spiro atoms. The highest BCUT2D eigenvalue weighted by Gasteiger charge is 2.28. The number of carbonyl (C=O) groups excluding carboxylic acids is 1. The minimum atomic E-state index is -0.395. The third-order valence-corrected chi connectivity index (χ3v) is 4.03. The van der Waals surface area contributed by atoms with Crippen LogP contribution in [0.25, 0.3) is 0 Å². The molecule has 3 N–H and O–H groups in total. The number of carbonyl (C=O) groups is 1. The van der Waals surface area contributed by atoms with Gasteiger partial charge in [0.15, 0.2) is 0 Å². The molecule has 4 heteroatoms. The molecule has 0 saturated heterocycles. The van der Waals surface area contributed by atoms with Gasteiger partial charge in [0.05, 0.1) is 24.0 Å². The molecule has 1 aromatic rings. The number of benzene rings is 1. The topological polar surface area (TPSA) is 64.3 Å². The molecule has 0 heterocycles. The minimum Gasteiger partial charge on any atom is -0.465 e. The van der Waals surface area contributed by atoms with Crippen LogP contribution in [0, 0.1) is 5.41 Å². The predicted molar refractivity (Wildman–Crippen MR) is 77.3 cm³/mol. The first-order valence-electron chi connectivity index (χ1n) is 6.76. The van der Waals surface area contributed by atoms with E-state index in [1.165, 1.54) is 32.8 Å². The van der Waals surface area contributed by atoms with Crippen molar-refractivity contribution in [1.29, 1.82) is 0 Å². The van der Waals surface area contributed by atoms with Crippen molar-refractivity contribution in [2.75, 3.05) is 24.7 Å². The Labute approximate surface area is 114 Å². The quantitative estimate of drug-likeness (QED) is 0.646. The van der Waals surface area contributed by atoms with Crippen LogP contribution in [0.2, 0.25) is 0 Å². The van der Waals surface area contributed by atoms with Gasteiger partial charge in [-0.15, -0.1) is 0 Å². The van der Waals surface area contributed by atoms with E-state index in [4.69, 9.17) is 10.5 Å². The van der Waals surface area contributed by atoms with E-state index in [2.05, 4.69) is 12.2 Å². The van der Waals surface area contributed by atoms with Crippen molar-refractivity contribution in [2.45, 2.75) is 32.6 Å². The average Bonchev–Trinajstić information content (AvgIpc) is 2.84. The van der Waals surface area contributed by atoms with Crippen LogP contribution >= 0.6 is 0 Å². The number of esters is 1. The summed E-state index contributed by atoms with van der Waals surface area (Å²) in [5, 5.41) is 3.38. The molecule has 1 aromatic carbocycles. The lowest BCUT2D eigenvalue weighted by Gasteiger charge is -2.25. The van der Waals surface area contributed by atoms with Crippen LogP contribution in [0.15, 0.2) is 18.2 Å². The molecule has 0 aromatic heterocycles. The van der Waals surface area contributed by atoms with E-state index in [1.54, 1.807) is 6.07 Å². The van der Waals surface area contributed by atoms with Crippen molar-refractivity contribution in [3.8, 4) is 0 Å². The number of hydrogen-bond acceptors (Lipinski definition) is 4. The van der Waals surface area contributed by atoms with Crippen molar-refractivity contribution in [3.63, 3.8) is 0 Å². The fourth-order valence-corrected chi connectivity index (χ4v) is 2.72. The molecule has 2 rings (SSSR count). The molecular formula is C15H22N2O2. The standard InChI is InChI=1S/C15H22N2O2/c1-15(8-3-4-9-15)10-17-12-7-5-6-11(13(12)16)14(18)19-2/h5-7,17H,3-4,8-10,16H2,1-2H3. The maximum Gasteiger partial charge on any atom is 0.340 e. The monoisotopic (exact) mass is 262 g/mol. The van der Waals surface area contributed by atoms with Gasteiger partial charge in [-0.05, 0) is 30.4 Å². The van der Waals surface area contributed by atoms with Gasteiger partial charge in [0.25, 0.3) is 0 Å². The number of rotatable bonds is 4. The number of anilines is 2. The van der Waals surface area contributed by atoms with Crippen LogP contribution in [0.5, 0.6) is 0 Å². The normalized spacial score (nSPS) is 17.2. The van der Waals surface area contributed by atoms with Crippen molar-refractivity contribution in [3.05, 3.63) is 23.8 Å². The summed E-state index contributed by atoms with van der Waals surface area (Å²) in [7, 11) is 1.36. The first-order valence-corrected chi connectivity index (χ1v) is 6.76. The van der Waals surface area contributed by atoms with E-state index < -0.39 is 5.97 Å². The molecular weight excluding hydrogens is 240 g/mol. The van der Waals surface area contributed by atoms with Crippen LogP contribution in [0.4, 0.5) is 11.4 Å². The Hall–Kier alpha value is -1.71. The number of nitrogens with two attached hydrogens (primary N) is 1. The fraction of sp³-hybridized carbons (Fsp3) is 0.533. The second-order valence-corrected chi connectivity index (χ2v) is 5.63. The van der Waals surface area contributed by atoms with Crippen LogP contribution in [-0.2, 0) is 4.74 Å². The Morgan fingerprint density at radius 2 is 2.11 bits per heavy atom. The predicted octanol–water partition coefficient (Wildman–Crippen LogP) is 3.05.